The molecule has 0 unspecified atom stereocenters. The molecule has 1 aliphatic rings. The van der Waals surface area contributed by atoms with Gasteiger partial charge in [-0.3, -0.25) is 9.59 Å². The predicted octanol–water partition coefficient (Wildman–Crippen LogP) is 3.28. The Labute approximate surface area is 117 Å². The average Bonchev–Trinajstić information content (AvgIpc) is 2.68. The first kappa shape index (κ1) is 14.2. The van der Waals surface area contributed by atoms with Crippen LogP contribution in [-0.2, 0) is 11.2 Å². The van der Waals surface area contributed by atoms with Crippen LogP contribution in [0.3, 0.4) is 0 Å². The fourth-order valence-corrected chi connectivity index (χ4v) is 3.11. The summed E-state index contributed by atoms with van der Waals surface area (Å²) in [6, 6.07) is 0. The van der Waals surface area contributed by atoms with E-state index < -0.39 is 0 Å². The van der Waals surface area contributed by atoms with E-state index in [0.29, 0.717) is 11.6 Å². The second-order valence-electron chi connectivity index (χ2n) is 6.03. The minimum absolute atomic E-state index is 0.0275. The molecule has 1 aromatic rings. The van der Waals surface area contributed by atoms with E-state index in [-0.39, 0.29) is 23.0 Å². The molecule has 0 bridgehead atoms. The number of Topliss-reactive ketones (excluding diaryl/α,β-unsaturated/α-hetero) is 1. The van der Waals surface area contributed by atoms with Crippen LogP contribution in [0.2, 0.25) is 0 Å². The summed E-state index contributed by atoms with van der Waals surface area (Å²) >= 11 is 1.31. The van der Waals surface area contributed by atoms with E-state index in [0.717, 1.165) is 23.4 Å². The molecule has 4 nitrogen and oxygen atoms in total. The summed E-state index contributed by atoms with van der Waals surface area (Å²) in [6.45, 7) is 8.01. The van der Waals surface area contributed by atoms with Crippen molar-refractivity contribution in [2.45, 2.75) is 47.0 Å². The van der Waals surface area contributed by atoms with E-state index in [1.807, 2.05) is 13.8 Å². The summed E-state index contributed by atoms with van der Waals surface area (Å²) in [6.07, 6.45) is 2.15. The van der Waals surface area contributed by atoms with Crippen molar-refractivity contribution in [1.29, 1.82) is 0 Å². The van der Waals surface area contributed by atoms with E-state index >= 15 is 0 Å². The zero-order valence-corrected chi connectivity index (χ0v) is 12.7. The highest BCUT2D eigenvalue weighted by atomic mass is 32.1. The molecular weight excluding hydrogens is 260 g/mol. The van der Waals surface area contributed by atoms with E-state index in [4.69, 9.17) is 0 Å². The van der Waals surface area contributed by atoms with Crippen LogP contribution in [0.4, 0.5) is 5.13 Å². The lowest BCUT2D eigenvalue weighted by atomic mass is 9.78. The molecule has 0 saturated heterocycles. The van der Waals surface area contributed by atoms with Crippen molar-refractivity contribution in [1.82, 2.24) is 4.98 Å². The van der Waals surface area contributed by atoms with Gasteiger partial charge in [0.2, 0.25) is 5.91 Å². The van der Waals surface area contributed by atoms with Gasteiger partial charge in [0.05, 0.1) is 10.6 Å². The van der Waals surface area contributed by atoms with Gasteiger partial charge < -0.3 is 5.32 Å². The summed E-state index contributed by atoms with van der Waals surface area (Å²) < 4.78 is 0. The van der Waals surface area contributed by atoms with E-state index in [2.05, 4.69) is 24.1 Å². The molecular formula is C14H20N2O2S. The number of ketones is 1. The molecule has 0 spiro atoms. The molecule has 0 radical (unpaired) electrons. The number of aromatic nitrogens is 1. The number of carbonyl (C=O) groups excluding carboxylic acids is 2. The van der Waals surface area contributed by atoms with Gasteiger partial charge in [0.25, 0.3) is 0 Å². The van der Waals surface area contributed by atoms with Gasteiger partial charge in [-0.2, -0.15) is 0 Å². The molecule has 2 rings (SSSR count). The van der Waals surface area contributed by atoms with Crippen LogP contribution in [0, 0.1) is 11.3 Å². The molecule has 0 fully saturated rings. The van der Waals surface area contributed by atoms with Crippen LogP contribution in [0.25, 0.3) is 0 Å². The maximum atomic E-state index is 12.0. The van der Waals surface area contributed by atoms with E-state index in [9.17, 15) is 9.59 Å². The van der Waals surface area contributed by atoms with Crippen LogP contribution in [0.15, 0.2) is 0 Å². The number of anilines is 1. The molecule has 1 amide bonds. The first-order chi connectivity index (χ1) is 8.82. The minimum atomic E-state index is -0.0342. The lowest BCUT2D eigenvalue weighted by molar-refractivity contribution is -0.119. The van der Waals surface area contributed by atoms with Gasteiger partial charge in [0.1, 0.15) is 0 Å². The Bertz CT molecular complexity index is 520. The van der Waals surface area contributed by atoms with Crippen molar-refractivity contribution >= 4 is 28.2 Å². The second-order valence-corrected chi connectivity index (χ2v) is 7.03. The topological polar surface area (TPSA) is 59.1 Å². The van der Waals surface area contributed by atoms with E-state index in [1.165, 1.54) is 11.3 Å². The van der Waals surface area contributed by atoms with Crippen LogP contribution in [-0.4, -0.2) is 16.7 Å². The second kappa shape index (κ2) is 5.04. The summed E-state index contributed by atoms with van der Waals surface area (Å²) in [5, 5.41) is 3.37. The molecule has 0 aliphatic heterocycles. The minimum Gasteiger partial charge on any atom is -0.302 e. The molecule has 1 heterocycles. The Morgan fingerprint density at radius 3 is 2.79 bits per heavy atom. The maximum absolute atomic E-state index is 12.0. The van der Waals surface area contributed by atoms with Gasteiger partial charge >= 0.3 is 0 Å². The van der Waals surface area contributed by atoms with Crippen LogP contribution in [0.1, 0.15) is 55.9 Å². The number of nitrogens with zero attached hydrogens (tertiary/aromatic N) is 1. The highest BCUT2D eigenvalue weighted by Crippen LogP contribution is 2.38. The van der Waals surface area contributed by atoms with Gasteiger partial charge in [-0.25, -0.2) is 4.98 Å². The summed E-state index contributed by atoms with van der Waals surface area (Å²) in [4.78, 5) is 29.0. The van der Waals surface area contributed by atoms with Crippen molar-refractivity contribution in [2.24, 2.45) is 11.3 Å². The Morgan fingerprint density at radius 1 is 1.47 bits per heavy atom. The van der Waals surface area contributed by atoms with Gasteiger partial charge in [0.15, 0.2) is 10.9 Å². The third-order valence-electron chi connectivity index (χ3n) is 3.53. The van der Waals surface area contributed by atoms with Crippen LogP contribution < -0.4 is 5.32 Å². The van der Waals surface area contributed by atoms with Gasteiger partial charge in [-0.1, -0.05) is 39.0 Å². The predicted molar refractivity (Wildman–Crippen MR) is 76.6 cm³/mol. The van der Waals surface area contributed by atoms with Gasteiger partial charge in [-0.05, 0) is 18.3 Å². The number of thiazole rings is 1. The van der Waals surface area contributed by atoms with Gasteiger partial charge in [-0.15, -0.1) is 0 Å². The molecule has 0 aromatic carbocycles. The van der Waals surface area contributed by atoms with Crippen molar-refractivity contribution in [3.05, 3.63) is 10.6 Å². The van der Waals surface area contributed by atoms with Crippen molar-refractivity contribution in [2.75, 3.05) is 5.32 Å². The van der Waals surface area contributed by atoms with Gasteiger partial charge in [0, 0.05) is 12.3 Å². The Hall–Kier alpha value is -1.23. The molecule has 1 aliphatic carbocycles. The van der Waals surface area contributed by atoms with Crippen molar-refractivity contribution in [3.63, 3.8) is 0 Å². The zero-order valence-electron chi connectivity index (χ0n) is 11.9. The normalized spacial score (nSPS) is 18.8. The number of fused-ring (bicyclic) bond motifs is 1. The number of hydrogen-bond acceptors (Lipinski definition) is 4. The highest BCUT2D eigenvalue weighted by molar-refractivity contribution is 7.17. The molecule has 104 valence electrons. The smallest absolute Gasteiger partial charge is 0.228 e. The molecule has 5 heteroatoms. The summed E-state index contributed by atoms with van der Waals surface area (Å²) in [5.74, 6) is 0.0844. The number of carbonyl (C=O) groups is 2. The lowest BCUT2D eigenvalue weighted by Gasteiger charge is -2.26. The van der Waals surface area contributed by atoms with Crippen LogP contribution in [0.5, 0.6) is 0 Å². The molecule has 1 aromatic heterocycles. The third-order valence-corrected chi connectivity index (χ3v) is 4.58. The lowest BCUT2D eigenvalue weighted by Crippen LogP contribution is -2.26. The molecule has 0 saturated carbocycles. The molecule has 19 heavy (non-hydrogen) atoms. The standard InChI is InChI=1S/C14H20N2O2S/c1-5-8(2)12(18)16-13-15-9-6-14(3,4)7-10(17)11(9)19-13/h8H,5-7H2,1-4H3,(H,15,16,18)/t8-/m0/s1. The van der Waals surface area contributed by atoms with Crippen molar-refractivity contribution < 1.29 is 9.59 Å². The van der Waals surface area contributed by atoms with Crippen molar-refractivity contribution in [3.8, 4) is 0 Å². The largest absolute Gasteiger partial charge is 0.302 e. The number of hydrogen-bond donors (Lipinski definition) is 1. The third kappa shape index (κ3) is 3.03. The average molecular weight is 280 g/mol. The van der Waals surface area contributed by atoms with E-state index in [1.54, 1.807) is 0 Å². The van der Waals surface area contributed by atoms with Crippen LogP contribution >= 0.6 is 11.3 Å². The maximum Gasteiger partial charge on any atom is 0.228 e. The fourth-order valence-electron chi connectivity index (χ4n) is 2.19. The first-order valence-electron chi connectivity index (χ1n) is 6.66. The zero-order chi connectivity index (χ0) is 14.2. The highest BCUT2D eigenvalue weighted by Gasteiger charge is 2.34. The monoisotopic (exact) mass is 280 g/mol. The summed E-state index contributed by atoms with van der Waals surface area (Å²) in [7, 11) is 0. The SMILES string of the molecule is CC[C@H](C)C(=O)Nc1nc2c(s1)C(=O)CC(C)(C)C2. The Kier molecular flexibility index (Phi) is 3.76. The number of amides is 1. The first-order valence-corrected chi connectivity index (χ1v) is 7.48. The fraction of sp³-hybridized carbons (Fsp3) is 0.643. The molecule has 1 atom stereocenters. The quantitative estimate of drug-likeness (QED) is 0.924. The Balaban J connectivity index is 2.19. The number of nitrogens with one attached hydrogen (secondary N) is 1. The molecule has 1 N–H and O–H groups in total. The number of rotatable bonds is 3. The Morgan fingerprint density at radius 2 is 2.16 bits per heavy atom. The summed E-state index contributed by atoms with van der Waals surface area (Å²) in [5.41, 5.74) is 0.807.